The SMILES string of the molecule is CCC(C)c1ccc(Cl)cc1-c1cccc(Cl)c1. The monoisotopic (exact) mass is 278 g/mol. The summed E-state index contributed by atoms with van der Waals surface area (Å²) in [5.41, 5.74) is 3.63. The summed E-state index contributed by atoms with van der Waals surface area (Å²) in [4.78, 5) is 0. The average molecular weight is 279 g/mol. The van der Waals surface area contributed by atoms with Crippen LogP contribution in [0.4, 0.5) is 0 Å². The van der Waals surface area contributed by atoms with E-state index in [4.69, 9.17) is 23.2 Å². The van der Waals surface area contributed by atoms with Crippen molar-refractivity contribution in [3.8, 4) is 11.1 Å². The van der Waals surface area contributed by atoms with E-state index in [1.54, 1.807) is 0 Å². The fourth-order valence-electron chi connectivity index (χ4n) is 2.08. The zero-order valence-electron chi connectivity index (χ0n) is 10.6. The highest BCUT2D eigenvalue weighted by atomic mass is 35.5. The second-order valence-electron chi connectivity index (χ2n) is 4.55. The fourth-order valence-corrected chi connectivity index (χ4v) is 2.45. The standard InChI is InChI=1S/C16H16Cl2/c1-3-11(2)15-8-7-14(18)10-16(15)12-5-4-6-13(17)9-12/h4-11H,3H2,1-2H3. The molecule has 0 saturated heterocycles. The van der Waals surface area contributed by atoms with Gasteiger partial charge in [0.25, 0.3) is 0 Å². The maximum atomic E-state index is 6.12. The molecule has 18 heavy (non-hydrogen) atoms. The van der Waals surface area contributed by atoms with E-state index in [2.05, 4.69) is 26.0 Å². The Morgan fingerprint density at radius 2 is 1.72 bits per heavy atom. The van der Waals surface area contributed by atoms with E-state index < -0.39 is 0 Å². The molecule has 0 radical (unpaired) electrons. The number of halogens is 2. The smallest absolute Gasteiger partial charge is 0.0412 e. The van der Waals surface area contributed by atoms with Gasteiger partial charge in [-0.15, -0.1) is 0 Å². The second kappa shape index (κ2) is 5.77. The highest BCUT2D eigenvalue weighted by Crippen LogP contribution is 2.34. The van der Waals surface area contributed by atoms with E-state index in [0.717, 1.165) is 22.0 Å². The van der Waals surface area contributed by atoms with Gasteiger partial charge in [-0.25, -0.2) is 0 Å². The molecular formula is C16H16Cl2. The van der Waals surface area contributed by atoms with Crippen LogP contribution in [-0.4, -0.2) is 0 Å². The Kier molecular flexibility index (Phi) is 4.31. The molecule has 0 aliphatic rings. The highest BCUT2D eigenvalue weighted by Gasteiger charge is 2.11. The van der Waals surface area contributed by atoms with Crippen LogP contribution in [0.25, 0.3) is 11.1 Å². The zero-order valence-corrected chi connectivity index (χ0v) is 12.1. The molecular weight excluding hydrogens is 263 g/mol. The van der Waals surface area contributed by atoms with Gasteiger partial charge in [0.15, 0.2) is 0 Å². The van der Waals surface area contributed by atoms with Crippen LogP contribution in [0.2, 0.25) is 10.0 Å². The predicted octanol–water partition coefficient (Wildman–Crippen LogP) is 6.17. The van der Waals surface area contributed by atoms with Crippen LogP contribution in [0.15, 0.2) is 42.5 Å². The van der Waals surface area contributed by atoms with Gasteiger partial charge >= 0.3 is 0 Å². The molecule has 0 aliphatic carbocycles. The number of rotatable bonds is 3. The Balaban J connectivity index is 2.58. The minimum atomic E-state index is 0.510. The Bertz CT molecular complexity index is 547. The number of benzene rings is 2. The van der Waals surface area contributed by atoms with Gasteiger partial charge in [0, 0.05) is 10.0 Å². The summed E-state index contributed by atoms with van der Waals surface area (Å²) in [6.07, 6.45) is 1.11. The highest BCUT2D eigenvalue weighted by molar-refractivity contribution is 6.31. The summed E-state index contributed by atoms with van der Waals surface area (Å²) in [6.45, 7) is 4.43. The molecule has 2 heteroatoms. The van der Waals surface area contributed by atoms with Crippen LogP contribution in [0.5, 0.6) is 0 Å². The largest absolute Gasteiger partial charge is 0.0843 e. The summed E-state index contributed by atoms with van der Waals surface area (Å²) in [5.74, 6) is 0.510. The second-order valence-corrected chi connectivity index (χ2v) is 5.42. The molecule has 1 atom stereocenters. The average Bonchev–Trinajstić information content (AvgIpc) is 2.38. The van der Waals surface area contributed by atoms with Crippen molar-refractivity contribution in [2.75, 3.05) is 0 Å². The molecule has 0 saturated carbocycles. The summed E-state index contributed by atoms with van der Waals surface area (Å²) in [7, 11) is 0. The Morgan fingerprint density at radius 1 is 1.00 bits per heavy atom. The third-order valence-corrected chi connectivity index (χ3v) is 3.76. The molecule has 0 fully saturated rings. The normalized spacial score (nSPS) is 12.4. The number of hydrogen-bond acceptors (Lipinski definition) is 0. The first-order valence-corrected chi connectivity index (χ1v) is 6.92. The molecule has 0 N–H and O–H groups in total. The summed E-state index contributed by atoms with van der Waals surface area (Å²) in [5, 5.41) is 1.51. The van der Waals surface area contributed by atoms with Gasteiger partial charge < -0.3 is 0 Å². The third-order valence-electron chi connectivity index (χ3n) is 3.29. The van der Waals surface area contributed by atoms with Crippen molar-refractivity contribution < 1.29 is 0 Å². The fraction of sp³-hybridized carbons (Fsp3) is 0.250. The molecule has 2 aromatic rings. The lowest BCUT2D eigenvalue weighted by molar-refractivity contribution is 0.735. The van der Waals surface area contributed by atoms with Gasteiger partial charge in [-0.1, -0.05) is 55.2 Å². The van der Waals surface area contributed by atoms with E-state index in [-0.39, 0.29) is 0 Å². The predicted molar refractivity (Wildman–Crippen MR) is 80.6 cm³/mol. The van der Waals surface area contributed by atoms with Gasteiger partial charge in [0.05, 0.1) is 0 Å². The first-order chi connectivity index (χ1) is 8.61. The van der Waals surface area contributed by atoms with Crippen LogP contribution in [0.3, 0.4) is 0 Å². The first kappa shape index (κ1) is 13.5. The molecule has 0 aromatic heterocycles. The van der Waals surface area contributed by atoms with Gasteiger partial charge in [0.1, 0.15) is 0 Å². The molecule has 0 amide bonds. The van der Waals surface area contributed by atoms with Crippen LogP contribution >= 0.6 is 23.2 Å². The van der Waals surface area contributed by atoms with E-state index in [0.29, 0.717) is 5.92 Å². The van der Waals surface area contributed by atoms with Crippen molar-refractivity contribution in [2.24, 2.45) is 0 Å². The van der Waals surface area contributed by atoms with Crippen molar-refractivity contribution in [1.29, 1.82) is 0 Å². The minimum absolute atomic E-state index is 0.510. The lowest BCUT2D eigenvalue weighted by Gasteiger charge is -2.16. The van der Waals surface area contributed by atoms with E-state index in [1.807, 2.05) is 30.3 Å². The maximum absolute atomic E-state index is 6.12. The van der Waals surface area contributed by atoms with Gasteiger partial charge in [-0.3, -0.25) is 0 Å². The van der Waals surface area contributed by atoms with E-state index in [9.17, 15) is 0 Å². The van der Waals surface area contributed by atoms with Crippen molar-refractivity contribution in [3.63, 3.8) is 0 Å². The molecule has 1 unspecified atom stereocenters. The Hall–Kier alpha value is -0.980. The van der Waals surface area contributed by atoms with Crippen molar-refractivity contribution >= 4 is 23.2 Å². The zero-order chi connectivity index (χ0) is 13.1. The lowest BCUT2D eigenvalue weighted by atomic mass is 9.90. The maximum Gasteiger partial charge on any atom is 0.0412 e. The molecule has 94 valence electrons. The Morgan fingerprint density at radius 3 is 2.39 bits per heavy atom. The third kappa shape index (κ3) is 2.88. The first-order valence-electron chi connectivity index (χ1n) is 6.17. The lowest BCUT2D eigenvalue weighted by Crippen LogP contribution is -1.95. The summed E-state index contributed by atoms with van der Waals surface area (Å²) in [6, 6.07) is 14.0. The van der Waals surface area contributed by atoms with Crippen LogP contribution in [-0.2, 0) is 0 Å². The van der Waals surface area contributed by atoms with Gasteiger partial charge in [-0.05, 0) is 53.3 Å². The van der Waals surface area contributed by atoms with Crippen molar-refractivity contribution in [1.82, 2.24) is 0 Å². The minimum Gasteiger partial charge on any atom is -0.0843 e. The Labute approximate surface area is 119 Å². The quantitative estimate of drug-likeness (QED) is 0.629. The molecule has 0 aliphatic heterocycles. The molecule has 0 nitrogen and oxygen atoms in total. The molecule has 0 bridgehead atoms. The van der Waals surface area contributed by atoms with Crippen molar-refractivity contribution in [2.45, 2.75) is 26.2 Å². The van der Waals surface area contributed by atoms with E-state index in [1.165, 1.54) is 11.1 Å². The molecule has 2 aromatic carbocycles. The summed E-state index contributed by atoms with van der Waals surface area (Å²) < 4.78 is 0. The number of hydrogen-bond donors (Lipinski definition) is 0. The molecule has 0 spiro atoms. The van der Waals surface area contributed by atoms with Crippen LogP contribution in [0, 0.1) is 0 Å². The summed E-state index contributed by atoms with van der Waals surface area (Å²) >= 11 is 12.2. The van der Waals surface area contributed by atoms with Crippen molar-refractivity contribution in [3.05, 3.63) is 58.1 Å². The van der Waals surface area contributed by atoms with Crippen LogP contribution in [0.1, 0.15) is 31.7 Å². The molecule has 2 rings (SSSR count). The molecule has 0 heterocycles. The van der Waals surface area contributed by atoms with Gasteiger partial charge in [-0.2, -0.15) is 0 Å². The van der Waals surface area contributed by atoms with Gasteiger partial charge in [0.2, 0.25) is 0 Å². The van der Waals surface area contributed by atoms with Crippen LogP contribution < -0.4 is 0 Å². The topological polar surface area (TPSA) is 0 Å². The van der Waals surface area contributed by atoms with E-state index >= 15 is 0 Å².